The number of hydrogen-bond acceptors (Lipinski definition) is 2. The van der Waals surface area contributed by atoms with Gasteiger partial charge >= 0.3 is 0 Å². The van der Waals surface area contributed by atoms with Crippen molar-refractivity contribution in [2.45, 2.75) is 25.8 Å². The molecule has 1 fully saturated rings. The summed E-state index contributed by atoms with van der Waals surface area (Å²) in [5.41, 5.74) is 6.59. The second kappa shape index (κ2) is 4.84. The van der Waals surface area contributed by atoms with Gasteiger partial charge < -0.3 is 10.6 Å². The molecule has 3 nitrogen and oxygen atoms in total. The van der Waals surface area contributed by atoms with Gasteiger partial charge in [0, 0.05) is 24.7 Å². The molecule has 0 spiro atoms. The summed E-state index contributed by atoms with van der Waals surface area (Å²) < 4.78 is 13.4. The summed E-state index contributed by atoms with van der Waals surface area (Å²) in [5.74, 6) is -0.448. The van der Waals surface area contributed by atoms with Crippen LogP contribution in [0.15, 0.2) is 18.2 Å². The van der Waals surface area contributed by atoms with Crippen LogP contribution in [0.2, 0.25) is 0 Å². The van der Waals surface area contributed by atoms with Gasteiger partial charge in [0.1, 0.15) is 5.82 Å². The zero-order valence-corrected chi connectivity index (χ0v) is 9.95. The lowest BCUT2D eigenvalue weighted by Gasteiger charge is -2.23. The molecular formula is C13H17FN2O. The van der Waals surface area contributed by atoms with E-state index in [4.69, 9.17) is 5.73 Å². The quantitative estimate of drug-likeness (QED) is 0.849. The fourth-order valence-electron chi connectivity index (χ4n) is 2.24. The first-order valence-electron chi connectivity index (χ1n) is 5.90. The van der Waals surface area contributed by atoms with Crippen molar-refractivity contribution in [1.82, 2.24) is 4.90 Å². The Morgan fingerprint density at radius 1 is 1.59 bits per heavy atom. The van der Waals surface area contributed by atoms with Gasteiger partial charge in [-0.2, -0.15) is 0 Å². The summed E-state index contributed by atoms with van der Waals surface area (Å²) in [6.45, 7) is 2.87. The second-order valence-electron chi connectivity index (χ2n) is 4.49. The highest BCUT2D eigenvalue weighted by atomic mass is 19.1. The van der Waals surface area contributed by atoms with E-state index in [1.54, 1.807) is 24.0 Å². The molecule has 0 saturated carbocycles. The van der Waals surface area contributed by atoms with Crippen LogP contribution in [0.1, 0.15) is 28.8 Å². The molecule has 1 aromatic rings. The minimum atomic E-state index is -0.334. The van der Waals surface area contributed by atoms with E-state index in [-0.39, 0.29) is 17.8 Å². The van der Waals surface area contributed by atoms with Gasteiger partial charge in [-0.15, -0.1) is 0 Å². The zero-order valence-electron chi connectivity index (χ0n) is 9.95. The van der Waals surface area contributed by atoms with Crippen LogP contribution < -0.4 is 5.73 Å². The number of benzene rings is 1. The van der Waals surface area contributed by atoms with Gasteiger partial charge in [-0.3, -0.25) is 4.79 Å². The third-order valence-corrected chi connectivity index (χ3v) is 3.33. The van der Waals surface area contributed by atoms with Gasteiger partial charge in [-0.1, -0.05) is 6.07 Å². The number of rotatable bonds is 2. The fraction of sp³-hybridized carbons (Fsp3) is 0.462. The number of halogens is 1. The molecule has 1 aromatic carbocycles. The van der Waals surface area contributed by atoms with Crippen molar-refractivity contribution < 1.29 is 9.18 Å². The highest BCUT2D eigenvalue weighted by Gasteiger charge is 2.28. The molecule has 0 unspecified atom stereocenters. The van der Waals surface area contributed by atoms with Gasteiger partial charge in [0.15, 0.2) is 0 Å². The van der Waals surface area contributed by atoms with Crippen LogP contribution in [-0.4, -0.2) is 29.9 Å². The summed E-state index contributed by atoms with van der Waals surface area (Å²) in [7, 11) is 0. The largest absolute Gasteiger partial charge is 0.334 e. The van der Waals surface area contributed by atoms with E-state index in [1.165, 1.54) is 6.07 Å². The van der Waals surface area contributed by atoms with E-state index in [2.05, 4.69) is 0 Å². The highest BCUT2D eigenvalue weighted by Crippen LogP contribution is 2.20. The first kappa shape index (κ1) is 12.0. The van der Waals surface area contributed by atoms with E-state index in [9.17, 15) is 9.18 Å². The zero-order chi connectivity index (χ0) is 12.4. The predicted octanol–water partition coefficient (Wildman–Crippen LogP) is 1.70. The first-order valence-corrected chi connectivity index (χ1v) is 5.90. The number of aryl methyl sites for hydroxylation is 1. The van der Waals surface area contributed by atoms with Crippen LogP contribution in [0.4, 0.5) is 4.39 Å². The van der Waals surface area contributed by atoms with E-state index >= 15 is 0 Å². The molecule has 0 aliphatic carbocycles. The number of nitrogens with two attached hydrogens (primary N) is 1. The van der Waals surface area contributed by atoms with Crippen LogP contribution >= 0.6 is 0 Å². The number of amides is 1. The van der Waals surface area contributed by atoms with Gasteiger partial charge in [0.25, 0.3) is 5.91 Å². The number of carbonyl (C=O) groups is 1. The Kier molecular flexibility index (Phi) is 3.43. The Balaban J connectivity index is 2.21. The predicted molar refractivity (Wildman–Crippen MR) is 64.2 cm³/mol. The lowest BCUT2D eigenvalue weighted by molar-refractivity contribution is 0.0740. The lowest BCUT2D eigenvalue weighted by Crippen LogP contribution is -2.39. The molecule has 0 bridgehead atoms. The van der Waals surface area contributed by atoms with Crippen LogP contribution in [-0.2, 0) is 0 Å². The summed E-state index contributed by atoms with van der Waals surface area (Å²) >= 11 is 0. The minimum Gasteiger partial charge on any atom is -0.334 e. The maximum absolute atomic E-state index is 13.4. The average Bonchev–Trinajstić information content (AvgIpc) is 2.80. The van der Waals surface area contributed by atoms with E-state index in [0.717, 1.165) is 19.4 Å². The highest BCUT2D eigenvalue weighted by molar-refractivity contribution is 5.94. The van der Waals surface area contributed by atoms with Gasteiger partial charge in [0.05, 0.1) is 0 Å². The van der Waals surface area contributed by atoms with Crippen molar-refractivity contribution in [1.29, 1.82) is 0 Å². The maximum atomic E-state index is 13.4. The van der Waals surface area contributed by atoms with E-state index < -0.39 is 0 Å². The molecule has 0 radical (unpaired) electrons. The van der Waals surface area contributed by atoms with Crippen molar-refractivity contribution in [2.24, 2.45) is 5.73 Å². The van der Waals surface area contributed by atoms with Gasteiger partial charge in [0.2, 0.25) is 0 Å². The van der Waals surface area contributed by atoms with E-state index in [0.29, 0.717) is 17.7 Å². The molecule has 1 heterocycles. The Morgan fingerprint density at radius 3 is 3.00 bits per heavy atom. The average molecular weight is 236 g/mol. The molecule has 1 atom stereocenters. The molecule has 4 heteroatoms. The summed E-state index contributed by atoms with van der Waals surface area (Å²) in [6.07, 6.45) is 1.92. The molecule has 92 valence electrons. The van der Waals surface area contributed by atoms with Crippen molar-refractivity contribution in [3.05, 3.63) is 35.1 Å². The molecule has 1 saturated heterocycles. The number of likely N-dealkylation sites (tertiary alicyclic amines) is 1. The molecular weight excluding hydrogens is 219 g/mol. The fourth-order valence-corrected chi connectivity index (χ4v) is 2.24. The Hall–Kier alpha value is -1.42. The topological polar surface area (TPSA) is 46.3 Å². The van der Waals surface area contributed by atoms with Crippen molar-refractivity contribution in [2.75, 3.05) is 13.1 Å². The Bertz CT molecular complexity index is 433. The smallest absolute Gasteiger partial charge is 0.254 e. The maximum Gasteiger partial charge on any atom is 0.254 e. The number of hydrogen-bond donors (Lipinski definition) is 1. The summed E-state index contributed by atoms with van der Waals surface area (Å²) in [6, 6.07) is 4.72. The molecule has 1 aliphatic rings. The second-order valence-corrected chi connectivity index (χ2v) is 4.49. The Labute approximate surface area is 100 Å². The van der Waals surface area contributed by atoms with Crippen molar-refractivity contribution in [3.63, 3.8) is 0 Å². The lowest BCUT2D eigenvalue weighted by atomic mass is 10.1. The molecule has 1 aliphatic heterocycles. The van der Waals surface area contributed by atoms with Crippen LogP contribution in [0.5, 0.6) is 0 Å². The number of carbonyl (C=O) groups excluding carboxylic acids is 1. The summed E-state index contributed by atoms with van der Waals surface area (Å²) in [4.78, 5) is 13.9. The van der Waals surface area contributed by atoms with Crippen molar-refractivity contribution >= 4 is 5.91 Å². The van der Waals surface area contributed by atoms with E-state index in [1.807, 2.05) is 0 Å². The third-order valence-electron chi connectivity index (χ3n) is 3.33. The van der Waals surface area contributed by atoms with Crippen LogP contribution in [0.25, 0.3) is 0 Å². The van der Waals surface area contributed by atoms with Crippen molar-refractivity contribution in [3.8, 4) is 0 Å². The normalized spacial score (nSPS) is 19.7. The first-order chi connectivity index (χ1) is 8.13. The molecule has 2 rings (SSSR count). The minimum absolute atomic E-state index is 0.104. The standard InChI is InChI=1S/C13H17FN2O/c1-9-4-5-10(7-12(9)14)13(17)16-6-2-3-11(16)8-15/h4-5,7,11H,2-3,6,8,15H2,1H3/t11-/m0/s1. The van der Waals surface area contributed by atoms with Crippen LogP contribution in [0.3, 0.4) is 0 Å². The molecule has 2 N–H and O–H groups in total. The third kappa shape index (κ3) is 2.31. The molecule has 17 heavy (non-hydrogen) atoms. The van der Waals surface area contributed by atoms with Gasteiger partial charge in [-0.25, -0.2) is 4.39 Å². The SMILES string of the molecule is Cc1ccc(C(=O)N2CCC[C@H]2CN)cc1F. The number of nitrogens with zero attached hydrogens (tertiary/aromatic N) is 1. The summed E-state index contributed by atoms with van der Waals surface area (Å²) in [5, 5.41) is 0. The monoisotopic (exact) mass is 236 g/mol. The molecule has 1 amide bonds. The van der Waals surface area contributed by atoms with Gasteiger partial charge in [-0.05, 0) is 37.5 Å². The Morgan fingerprint density at radius 2 is 2.35 bits per heavy atom. The van der Waals surface area contributed by atoms with Crippen LogP contribution in [0, 0.1) is 12.7 Å². The molecule has 0 aromatic heterocycles.